The number of nitrogens with zero attached hydrogens (tertiary/aromatic N) is 1. The van der Waals surface area contributed by atoms with Gasteiger partial charge in [0, 0.05) is 5.56 Å². The van der Waals surface area contributed by atoms with Crippen molar-refractivity contribution in [1.29, 1.82) is 0 Å². The first-order chi connectivity index (χ1) is 13.1. The zero-order chi connectivity index (χ0) is 19.2. The Balaban J connectivity index is 1.89. The van der Waals surface area contributed by atoms with E-state index in [2.05, 4.69) is 11.9 Å². The third kappa shape index (κ3) is 4.49. The Bertz CT molecular complexity index is 891. The van der Waals surface area contributed by atoms with Crippen molar-refractivity contribution in [2.75, 3.05) is 13.7 Å². The smallest absolute Gasteiger partial charge is 0.363 e. The Morgan fingerprint density at radius 2 is 2.00 bits per heavy atom. The Morgan fingerprint density at radius 3 is 2.70 bits per heavy atom. The third-order valence-electron chi connectivity index (χ3n) is 3.94. The van der Waals surface area contributed by atoms with E-state index in [1.54, 1.807) is 25.3 Å². The number of carbonyl (C=O) groups excluding carboxylic acids is 1. The Kier molecular flexibility index (Phi) is 6.14. The lowest BCUT2D eigenvalue weighted by molar-refractivity contribution is -0.129. The molecule has 1 aliphatic rings. The van der Waals surface area contributed by atoms with Crippen molar-refractivity contribution in [3.05, 3.63) is 64.3 Å². The zero-order valence-corrected chi connectivity index (χ0v) is 16.0. The molecule has 0 bridgehead atoms. The lowest BCUT2D eigenvalue weighted by Crippen LogP contribution is -2.05. The zero-order valence-electron chi connectivity index (χ0n) is 15.2. The van der Waals surface area contributed by atoms with E-state index in [9.17, 15) is 4.79 Å². The normalized spacial score (nSPS) is 14.9. The summed E-state index contributed by atoms with van der Waals surface area (Å²) in [7, 11) is 1.55. The number of hydrogen-bond donors (Lipinski definition) is 0. The number of hydrogen-bond acceptors (Lipinski definition) is 5. The SMILES string of the molecule is CCCCOc1c(Cl)cc(/C=C2\N=C(c3ccccc3)OC2=O)cc1OC. The van der Waals surface area contributed by atoms with Gasteiger partial charge in [-0.3, -0.25) is 0 Å². The molecule has 0 aliphatic carbocycles. The van der Waals surface area contributed by atoms with Crippen LogP contribution in [0.4, 0.5) is 0 Å². The van der Waals surface area contributed by atoms with E-state index in [4.69, 9.17) is 25.8 Å². The van der Waals surface area contributed by atoms with Crippen LogP contribution in [0.2, 0.25) is 5.02 Å². The van der Waals surface area contributed by atoms with Crippen LogP contribution in [0.15, 0.2) is 53.2 Å². The van der Waals surface area contributed by atoms with Crippen LogP contribution in [0.3, 0.4) is 0 Å². The van der Waals surface area contributed by atoms with Gasteiger partial charge in [0.25, 0.3) is 0 Å². The number of esters is 1. The molecule has 0 N–H and O–H groups in total. The summed E-state index contributed by atoms with van der Waals surface area (Å²) in [6, 6.07) is 12.7. The van der Waals surface area contributed by atoms with Gasteiger partial charge in [-0.05, 0) is 42.3 Å². The van der Waals surface area contributed by atoms with Crippen molar-refractivity contribution in [3.8, 4) is 11.5 Å². The molecule has 140 valence electrons. The minimum Gasteiger partial charge on any atom is -0.493 e. The van der Waals surface area contributed by atoms with Crippen LogP contribution >= 0.6 is 11.6 Å². The number of halogens is 1. The topological polar surface area (TPSA) is 57.1 Å². The van der Waals surface area contributed by atoms with Gasteiger partial charge in [-0.25, -0.2) is 9.79 Å². The molecule has 1 heterocycles. The number of aliphatic imine (C=N–C) groups is 1. The summed E-state index contributed by atoms with van der Waals surface area (Å²) < 4.78 is 16.4. The quantitative estimate of drug-likeness (QED) is 0.387. The van der Waals surface area contributed by atoms with Gasteiger partial charge in [0.2, 0.25) is 5.90 Å². The number of methoxy groups -OCH3 is 1. The average Bonchev–Trinajstić information content (AvgIpc) is 3.04. The standard InChI is InChI=1S/C21H20ClNO4/c1-3-4-10-26-19-16(22)11-14(13-18(19)25-2)12-17-21(24)27-20(23-17)15-8-6-5-7-9-15/h5-9,11-13H,3-4,10H2,1-2H3/b17-12-. The molecule has 0 saturated heterocycles. The maximum atomic E-state index is 12.1. The molecule has 0 saturated carbocycles. The fourth-order valence-corrected chi connectivity index (χ4v) is 2.83. The molecule has 0 unspecified atom stereocenters. The lowest BCUT2D eigenvalue weighted by Gasteiger charge is -2.13. The van der Waals surface area contributed by atoms with Crippen LogP contribution in [0.5, 0.6) is 11.5 Å². The van der Waals surface area contributed by atoms with Gasteiger partial charge in [-0.1, -0.05) is 43.1 Å². The van der Waals surface area contributed by atoms with Crippen LogP contribution in [0.25, 0.3) is 6.08 Å². The van der Waals surface area contributed by atoms with E-state index in [0.717, 1.165) is 18.4 Å². The molecule has 0 fully saturated rings. The predicted octanol–water partition coefficient (Wildman–Crippen LogP) is 4.87. The molecule has 1 aliphatic heterocycles. The van der Waals surface area contributed by atoms with Gasteiger partial charge in [-0.2, -0.15) is 0 Å². The number of unbranched alkanes of at least 4 members (excludes halogenated alkanes) is 1. The number of rotatable bonds is 7. The molecule has 2 aromatic carbocycles. The van der Waals surface area contributed by atoms with Crippen LogP contribution in [-0.2, 0) is 9.53 Å². The van der Waals surface area contributed by atoms with Crippen molar-refractivity contribution >= 4 is 29.5 Å². The average molecular weight is 386 g/mol. The molecule has 0 atom stereocenters. The maximum Gasteiger partial charge on any atom is 0.363 e. The lowest BCUT2D eigenvalue weighted by atomic mass is 10.1. The number of benzene rings is 2. The van der Waals surface area contributed by atoms with Crippen LogP contribution in [-0.4, -0.2) is 25.6 Å². The van der Waals surface area contributed by atoms with E-state index in [-0.39, 0.29) is 11.6 Å². The van der Waals surface area contributed by atoms with Crippen molar-refractivity contribution in [2.45, 2.75) is 19.8 Å². The first-order valence-corrected chi connectivity index (χ1v) is 9.08. The van der Waals surface area contributed by atoms with Gasteiger partial charge in [0.15, 0.2) is 17.2 Å². The molecule has 3 rings (SSSR count). The van der Waals surface area contributed by atoms with E-state index >= 15 is 0 Å². The largest absolute Gasteiger partial charge is 0.493 e. The highest BCUT2D eigenvalue weighted by atomic mass is 35.5. The summed E-state index contributed by atoms with van der Waals surface area (Å²) >= 11 is 6.35. The first-order valence-electron chi connectivity index (χ1n) is 8.70. The highest BCUT2D eigenvalue weighted by Crippen LogP contribution is 2.37. The molecule has 0 radical (unpaired) electrons. The van der Waals surface area contributed by atoms with E-state index in [0.29, 0.717) is 28.7 Å². The summed E-state index contributed by atoms with van der Waals surface area (Å²) in [5.41, 5.74) is 1.61. The fourth-order valence-electron chi connectivity index (χ4n) is 2.55. The summed E-state index contributed by atoms with van der Waals surface area (Å²) in [4.78, 5) is 16.4. The molecule has 0 amide bonds. The van der Waals surface area contributed by atoms with Crippen molar-refractivity contribution < 1.29 is 19.0 Å². The van der Waals surface area contributed by atoms with E-state index in [1.807, 2.05) is 30.3 Å². The molecule has 6 heteroatoms. The number of ether oxygens (including phenoxy) is 3. The first kappa shape index (κ1) is 19.0. The Hall–Kier alpha value is -2.79. The molecule has 27 heavy (non-hydrogen) atoms. The van der Waals surface area contributed by atoms with Crippen LogP contribution < -0.4 is 9.47 Å². The molecular formula is C21H20ClNO4. The Labute approximate surface area is 163 Å². The van der Waals surface area contributed by atoms with E-state index < -0.39 is 5.97 Å². The maximum absolute atomic E-state index is 12.1. The highest BCUT2D eigenvalue weighted by Gasteiger charge is 2.24. The van der Waals surface area contributed by atoms with Gasteiger partial charge in [0.1, 0.15) is 0 Å². The van der Waals surface area contributed by atoms with Crippen molar-refractivity contribution in [1.82, 2.24) is 0 Å². The number of cyclic esters (lactones) is 1. The monoisotopic (exact) mass is 385 g/mol. The third-order valence-corrected chi connectivity index (χ3v) is 4.22. The second kappa shape index (κ2) is 8.73. The van der Waals surface area contributed by atoms with Gasteiger partial charge in [0.05, 0.1) is 18.7 Å². The second-order valence-corrected chi connectivity index (χ2v) is 6.35. The minimum atomic E-state index is -0.507. The Morgan fingerprint density at radius 1 is 1.22 bits per heavy atom. The molecule has 5 nitrogen and oxygen atoms in total. The van der Waals surface area contributed by atoms with Crippen LogP contribution in [0.1, 0.15) is 30.9 Å². The van der Waals surface area contributed by atoms with Crippen LogP contribution in [0, 0.1) is 0 Å². The van der Waals surface area contributed by atoms with Gasteiger partial charge < -0.3 is 14.2 Å². The second-order valence-electron chi connectivity index (χ2n) is 5.94. The van der Waals surface area contributed by atoms with Gasteiger partial charge in [-0.15, -0.1) is 0 Å². The molecule has 0 aromatic heterocycles. The molecule has 0 spiro atoms. The minimum absolute atomic E-state index is 0.201. The highest BCUT2D eigenvalue weighted by molar-refractivity contribution is 6.32. The summed E-state index contributed by atoms with van der Waals surface area (Å²) in [6.07, 6.45) is 3.56. The fraction of sp³-hybridized carbons (Fsp3) is 0.238. The molecule has 2 aromatic rings. The summed E-state index contributed by atoms with van der Waals surface area (Å²) in [6.45, 7) is 2.65. The molecular weight excluding hydrogens is 366 g/mol. The number of carbonyl (C=O) groups is 1. The summed E-state index contributed by atoms with van der Waals surface area (Å²) in [5, 5.41) is 0.413. The van der Waals surface area contributed by atoms with Crippen molar-refractivity contribution in [2.24, 2.45) is 4.99 Å². The van der Waals surface area contributed by atoms with E-state index in [1.165, 1.54) is 0 Å². The predicted molar refractivity (Wildman–Crippen MR) is 105 cm³/mol. The van der Waals surface area contributed by atoms with Crippen molar-refractivity contribution in [3.63, 3.8) is 0 Å². The summed E-state index contributed by atoms with van der Waals surface area (Å²) in [5.74, 6) is 0.776. The van der Waals surface area contributed by atoms with Gasteiger partial charge >= 0.3 is 5.97 Å².